The van der Waals surface area contributed by atoms with E-state index >= 15 is 0 Å². The van der Waals surface area contributed by atoms with Gasteiger partial charge in [-0.2, -0.15) is 0 Å². The summed E-state index contributed by atoms with van der Waals surface area (Å²) in [6.07, 6.45) is 6.64. The van der Waals surface area contributed by atoms with Gasteiger partial charge < -0.3 is 16.0 Å². The molecule has 0 atom stereocenters. The fourth-order valence-electron chi connectivity index (χ4n) is 2.27. The van der Waals surface area contributed by atoms with Crippen molar-refractivity contribution < 1.29 is 4.79 Å². The third-order valence-electron chi connectivity index (χ3n) is 3.38. The average molecular weight is 248 g/mol. The van der Waals surface area contributed by atoms with Crippen LogP contribution in [0.2, 0.25) is 0 Å². The maximum Gasteiger partial charge on any atom is 0.314 e. The monoisotopic (exact) mass is 248 g/mol. The molecule has 1 fully saturated rings. The summed E-state index contributed by atoms with van der Waals surface area (Å²) >= 11 is 0. The third-order valence-corrected chi connectivity index (χ3v) is 3.38. The first kappa shape index (κ1) is 12.8. The van der Waals surface area contributed by atoms with E-state index in [9.17, 15) is 4.79 Å². The zero-order valence-corrected chi connectivity index (χ0v) is 10.5. The number of primary amides is 1. The van der Waals surface area contributed by atoms with Gasteiger partial charge in [0.1, 0.15) is 0 Å². The van der Waals surface area contributed by atoms with Gasteiger partial charge in [-0.05, 0) is 37.4 Å². The maximum absolute atomic E-state index is 11.0. The van der Waals surface area contributed by atoms with E-state index in [1.807, 2.05) is 12.3 Å². The summed E-state index contributed by atoms with van der Waals surface area (Å²) in [5.41, 5.74) is 6.50. The topological polar surface area (TPSA) is 71.2 Å². The first-order valence-corrected chi connectivity index (χ1v) is 6.42. The van der Waals surface area contributed by atoms with Crippen molar-refractivity contribution in [1.29, 1.82) is 0 Å². The summed E-state index contributed by atoms with van der Waals surface area (Å²) in [4.78, 5) is 16.8. The molecule has 3 N–H and O–H groups in total. The van der Waals surface area contributed by atoms with Crippen LogP contribution in [0.15, 0.2) is 24.5 Å². The Labute approximate surface area is 107 Å². The van der Waals surface area contributed by atoms with Crippen LogP contribution in [0.5, 0.6) is 0 Å². The Bertz CT molecular complexity index is 374. The van der Waals surface area contributed by atoms with E-state index in [0.29, 0.717) is 6.04 Å². The van der Waals surface area contributed by atoms with Crippen LogP contribution in [0, 0.1) is 0 Å². The van der Waals surface area contributed by atoms with Crippen LogP contribution in [0.3, 0.4) is 0 Å². The number of nitrogens with zero attached hydrogens (tertiary/aromatic N) is 2. The van der Waals surface area contributed by atoms with E-state index in [1.165, 1.54) is 5.56 Å². The van der Waals surface area contributed by atoms with Crippen molar-refractivity contribution in [3.05, 3.63) is 30.1 Å². The number of carbonyl (C=O) groups excluding carboxylic acids is 1. The molecule has 1 aliphatic heterocycles. The first-order chi connectivity index (χ1) is 8.75. The Kier molecular flexibility index (Phi) is 4.52. The second kappa shape index (κ2) is 6.35. The fourth-order valence-corrected chi connectivity index (χ4v) is 2.27. The largest absolute Gasteiger partial charge is 0.351 e. The predicted molar refractivity (Wildman–Crippen MR) is 70.1 cm³/mol. The van der Waals surface area contributed by atoms with Crippen LogP contribution >= 0.6 is 0 Å². The Morgan fingerprint density at radius 1 is 1.50 bits per heavy atom. The van der Waals surface area contributed by atoms with Crippen LogP contribution in [0.1, 0.15) is 18.4 Å². The molecule has 18 heavy (non-hydrogen) atoms. The molecule has 0 radical (unpaired) electrons. The van der Waals surface area contributed by atoms with Crippen molar-refractivity contribution in [1.82, 2.24) is 15.2 Å². The highest BCUT2D eigenvalue weighted by molar-refractivity contribution is 5.72. The molecule has 2 heterocycles. The second-order valence-electron chi connectivity index (χ2n) is 4.66. The normalized spacial score (nSPS) is 16.8. The summed E-state index contributed by atoms with van der Waals surface area (Å²) in [5.74, 6) is 0. The molecule has 5 nitrogen and oxygen atoms in total. The molecular weight excluding hydrogens is 228 g/mol. The molecule has 98 valence electrons. The number of nitrogens with two attached hydrogens (primary N) is 1. The molecule has 5 heteroatoms. The summed E-state index contributed by atoms with van der Waals surface area (Å²) in [5, 5.41) is 3.52. The number of carbonyl (C=O) groups is 1. The lowest BCUT2D eigenvalue weighted by Gasteiger charge is -2.31. The number of pyridine rings is 1. The molecule has 1 aliphatic rings. The van der Waals surface area contributed by atoms with Gasteiger partial charge in [-0.15, -0.1) is 0 Å². The van der Waals surface area contributed by atoms with Crippen LogP contribution in [-0.2, 0) is 6.42 Å². The van der Waals surface area contributed by atoms with Gasteiger partial charge in [-0.1, -0.05) is 6.07 Å². The molecule has 1 saturated heterocycles. The smallest absolute Gasteiger partial charge is 0.314 e. The molecule has 0 spiro atoms. The quantitative estimate of drug-likeness (QED) is 0.826. The molecule has 0 aromatic carbocycles. The minimum Gasteiger partial charge on any atom is -0.351 e. The SMILES string of the molecule is NC(=O)N1CCC(NCCc2cccnc2)CC1. The van der Waals surface area contributed by atoms with Gasteiger partial charge in [0.05, 0.1) is 0 Å². The molecule has 2 rings (SSSR count). The van der Waals surface area contributed by atoms with Gasteiger partial charge in [0.2, 0.25) is 0 Å². The fraction of sp³-hybridized carbons (Fsp3) is 0.538. The van der Waals surface area contributed by atoms with Crippen molar-refractivity contribution in [3.63, 3.8) is 0 Å². The molecule has 0 bridgehead atoms. The van der Waals surface area contributed by atoms with Crippen molar-refractivity contribution in [3.8, 4) is 0 Å². The van der Waals surface area contributed by atoms with Gasteiger partial charge >= 0.3 is 6.03 Å². The lowest BCUT2D eigenvalue weighted by atomic mass is 10.1. The van der Waals surface area contributed by atoms with Crippen molar-refractivity contribution in [2.24, 2.45) is 5.73 Å². The number of hydrogen-bond donors (Lipinski definition) is 2. The minimum atomic E-state index is -0.302. The van der Waals surface area contributed by atoms with Gasteiger partial charge in [0.25, 0.3) is 0 Å². The van der Waals surface area contributed by atoms with E-state index in [1.54, 1.807) is 11.1 Å². The van der Waals surface area contributed by atoms with E-state index < -0.39 is 0 Å². The maximum atomic E-state index is 11.0. The molecule has 0 saturated carbocycles. The lowest BCUT2D eigenvalue weighted by molar-refractivity contribution is 0.185. The van der Waals surface area contributed by atoms with Gasteiger partial charge in [0, 0.05) is 31.5 Å². The van der Waals surface area contributed by atoms with Gasteiger partial charge in [-0.25, -0.2) is 4.79 Å². The number of likely N-dealkylation sites (tertiary alicyclic amines) is 1. The molecule has 2 amide bonds. The highest BCUT2D eigenvalue weighted by Gasteiger charge is 2.20. The standard InChI is InChI=1S/C13H20N4O/c14-13(18)17-8-4-12(5-9-17)16-7-3-11-2-1-6-15-10-11/h1-2,6,10,12,16H,3-5,7-9H2,(H2,14,18). The molecule has 1 aromatic rings. The Balaban J connectivity index is 1.65. The minimum absolute atomic E-state index is 0.302. The van der Waals surface area contributed by atoms with Crippen LogP contribution in [0.25, 0.3) is 0 Å². The highest BCUT2D eigenvalue weighted by Crippen LogP contribution is 2.09. The molecule has 1 aromatic heterocycles. The van der Waals surface area contributed by atoms with Crippen molar-refractivity contribution >= 4 is 6.03 Å². The summed E-state index contributed by atoms with van der Waals surface area (Å²) in [7, 11) is 0. The Hall–Kier alpha value is -1.62. The summed E-state index contributed by atoms with van der Waals surface area (Å²) in [6.45, 7) is 2.48. The molecule has 0 aliphatic carbocycles. The number of amides is 2. The van der Waals surface area contributed by atoms with Gasteiger partial charge in [0.15, 0.2) is 0 Å². The van der Waals surface area contributed by atoms with Crippen LogP contribution in [0.4, 0.5) is 4.79 Å². The van der Waals surface area contributed by atoms with Crippen LogP contribution in [-0.4, -0.2) is 41.6 Å². The second-order valence-corrected chi connectivity index (χ2v) is 4.66. The van der Waals surface area contributed by atoms with E-state index in [2.05, 4.69) is 16.4 Å². The zero-order valence-electron chi connectivity index (χ0n) is 10.5. The Morgan fingerprint density at radius 2 is 2.28 bits per heavy atom. The van der Waals surface area contributed by atoms with E-state index in [4.69, 9.17) is 5.73 Å². The predicted octanol–water partition coefficient (Wildman–Crippen LogP) is 0.757. The van der Waals surface area contributed by atoms with E-state index in [-0.39, 0.29) is 6.03 Å². The number of aromatic nitrogens is 1. The number of hydrogen-bond acceptors (Lipinski definition) is 3. The highest BCUT2D eigenvalue weighted by atomic mass is 16.2. The Morgan fingerprint density at radius 3 is 2.89 bits per heavy atom. The van der Waals surface area contributed by atoms with Crippen molar-refractivity contribution in [2.75, 3.05) is 19.6 Å². The number of urea groups is 1. The molecule has 0 unspecified atom stereocenters. The third kappa shape index (κ3) is 3.70. The summed E-state index contributed by atoms with van der Waals surface area (Å²) < 4.78 is 0. The zero-order chi connectivity index (χ0) is 12.8. The van der Waals surface area contributed by atoms with Gasteiger partial charge in [-0.3, -0.25) is 4.98 Å². The lowest BCUT2D eigenvalue weighted by Crippen LogP contribution is -2.47. The van der Waals surface area contributed by atoms with Crippen LogP contribution < -0.4 is 11.1 Å². The first-order valence-electron chi connectivity index (χ1n) is 6.42. The summed E-state index contributed by atoms with van der Waals surface area (Å²) in [6, 6.07) is 4.24. The molecular formula is C13H20N4O. The number of nitrogens with one attached hydrogen (secondary N) is 1. The van der Waals surface area contributed by atoms with E-state index in [0.717, 1.165) is 38.9 Å². The average Bonchev–Trinajstić information content (AvgIpc) is 2.40. The number of rotatable bonds is 4. The number of piperidine rings is 1. The van der Waals surface area contributed by atoms with Crippen molar-refractivity contribution in [2.45, 2.75) is 25.3 Å².